The van der Waals surface area contributed by atoms with Crippen molar-refractivity contribution in [3.63, 3.8) is 0 Å². The van der Waals surface area contributed by atoms with Gasteiger partial charge in [0.2, 0.25) is 21.8 Å². The molecule has 2 atom stereocenters. The lowest BCUT2D eigenvalue weighted by Gasteiger charge is -2.34. The molecule has 4 heterocycles. The molecule has 2 aliphatic rings. The SMILES string of the molecule is Cn1cnc(C[C@@H](C(=O)N2CCOCC2)N2CC[C@H](NS(=O)(=O)CCc3ccc(Cl)s3)C2=O)n1. The molecule has 0 aromatic carbocycles. The van der Waals surface area contributed by atoms with Crippen LogP contribution in [0.1, 0.15) is 17.1 Å². The number of hydrogen-bond donors (Lipinski definition) is 1. The van der Waals surface area contributed by atoms with Gasteiger partial charge in [0, 0.05) is 38.0 Å². The Morgan fingerprint density at radius 2 is 2.09 bits per heavy atom. The first-order chi connectivity index (χ1) is 16.2. The predicted molar refractivity (Wildman–Crippen MR) is 126 cm³/mol. The molecule has 186 valence electrons. The van der Waals surface area contributed by atoms with Crippen molar-refractivity contribution in [2.45, 2.75) is 31.3 Å². The molecule has 2 saturated heterocycles. The van der Waals surface area contributed by atoms with E-state index in [9.17, 15) is 18.0 Å². The zero-order chi connectivity index (χ0) is 24.3. The Balaban J connectivity index is 1.44. The molecular formula is C20H27ClN6O5S2. The number of aryl methyl sites for hydroxylation is 2. The topological polar surface area (TPSA) is 127 Å². The average molecular weight is 531 g/mol. The van der Waals surface area contributed by atoms with E-state index >= 15 is 0 Å². The number of ether oxygens (including phenoxy) is 1. The van der Waals surface area contributed by atoms with Crippen LogP contribution in [0.25, 0.3) is 0 Å². The second-order valence-corrected chi connectivity index (χ2v) is 11.9. The summed E-state index contributed by atoms with van der Waals surface area (Å²) in [6, 6.07) is 1.80. The summed E-state index contributed by atoms with van der Waals surface area (Å²) in [6.45, 7) is 2.02. The van der Waals surface area contributed by atoms with Crippen LogP contribution in [-0.4, -0.2) is 95.5 Å². The molecule has 4 rings (SSSR count). The van der Waals surface area contributed by atoms with Gasteiger partial charge in [-0.05, 0) is 25.0 Å². The van der Waals surface area contributed by atoms with E-state index < -0.39 is 28.0 Å². The summed E-state index contributed by atoms with van der Waals surface area (Å²) in [6.07, 6.45) is 2.28. The van der Waals surface area contributed by atoms with E-state index in [2.05, 4.69) is 14.8 Å². The minimum absolute atomic E-state index is 0.151. The quantitative estimate of drug-likeness (QED) is 0.486. The summed E-state index contributed by atoms with van der Waals surface area (Å²) >= 11 is 7.24. The average Bonchev–Trinajstić information content (AvgIpc) is 3.52. The van der Waals surface area contributed by atoms with Gasteiger partial charge in [-0.3, -0.25) is 14.3 Å². The number of carbonyl (C=O) groups excluding carboxylic acids is 2. The van der Waals surface area contributed by atoms with Crippen LogP contribution in [-0.2, 0) is 44.2 Å². The van der Waals surface area contributed by atoms with Gasteiger partial charge < -0.3 is 14.5 Å². The molecule has 0 radical (unpaired) electrons. The fraction of sp³-hybridized carbons (Fsp3) is 0.600. The third-order valence-corrected chi connectivity index (χ3v) is 8.49. The second-order valence-electron chi connectivity index (χ2n) is 8.26. The summed E-state index contributed by atoms with van der Waals surface area (Å²) in [5.74, 6) is -0.324. The summed E-state index contributed by atoms with van der Waals surface area (Å²) < 4.78 is 35.3. The molecule has 34 heavy (non-hydrogen) atoms. The smallest absolute Gasteiger partial charge is 0.246 e. The Labute approximate surface area is 207 Å². The highest BCUT2D eigenvalue weighted by Gasteiger charge is 2.42. The maximum Gasteiger partial charge on any atom is 0.246 e. The van der Waals surface area contributed by atoms with Crippen LogP contribution in [0.15, 0.2) is 18.5 Å². The third kappa shape index (κ3) is 6.13. The maximum atomic E-state index is 13.4. The minimum Gasteiger partial charge on any atom is -0.378 e. The summed E-state index contributed by atoms with van der Waals surface area (Å²) in [5.41, 5.74) is 0. The normalized spacial score (nSPS) is 20.2. The van der Waals surface area contributed by atoms with Gasteiger partial charge in [-0.2, -0.15) is 5.10 Å². The highest BCUT2D eigenvalue weighted by Crippen LogP contribution is 2.23. The number of halogens is 1. The van der Waals surface area contributed by atoms with Gasteiger partial charge in [0.25, 0.3) is 0 Å². The van der Waals surface area contributed by atoms with Crippen molar-refractivity contribution in [3.05, 3.63) is 33.5 Å². The Morgan fingerprint density at radius 1 is 1.32 bits per heavy atom. The zero-order valence-electron chi connectivity index (χ0n) is 18.7. The van der Waals surface area contributed by atoms with Crippen molar-refractivity contribution in [2.24, 2.45) is 7.05 Å². The van der Waals surface area contributed by atoms with Crippen molar-refractivity contribution in [2.75, 3.05) is 38.6 Å². The fourth-order valence-corrected chi connectivity index (χ4v) is 6.57. The minimum atomic E-state index is -3.71. The molecule has 0 bridgehead atoms. The molecule has 2 fully saturated rings. The molecule has 2 amide bonds. The standard InChI is InChI=1S/C20H27ClN6O5S2/c1-25-13-22-18(23-25)12-16(20(29)26-7-9-32-10-8-26)27-6-4-15(19(27)28)24-34(30,31)11-5-14-2-3-17(21)33-14/h2-3,13,15-16,24H,4-12H2,1H3/t15-,16-/m0/s1. The molecular weight excluding hydrogens is 504 g/mol. The Hall–Kier alpha value is -2.06. The molecule has 1 N–H and O–H groups in total. The van der Waals surface area contributed by atoms with Crippen LogP contribution < -0.4 is 4.72 Å². The van der Waals surface area contributed by atoms with Crippen LogP contribution in [0.4, 0.5) is 0 Å². The lowest BCUT2D eigenvalue weighted by atomic mass is 10.1. The van der Waals surface area contributed by atoms with Crippen molar-refractivity contribution in [3.8, 4) is 0 Å². The molecule has 2 aliphatic heterocycles. The monoisotopic (exact) mass is 530 g/mol. The Morgan fingerprint density at radius 3 is 2.74 bits per heavy atom. The molecule has 0 saturated carbocycles. The first kappa shape index (κ1) is 25.0. The predicted octanol–water partition coefficient (Wildman–Crippen LogP) is 0.0629. The summed E-state index contributed by atoms with van der Waals surface area (Å²) in [7, 11) is -1.98. The van der Waals surface area contributed by atoms with Crippen LogP contribution in [0.5, 0.6) is 0 Å². The largest absolute Gasteiger partial charge is 0.378 e. The Kier molecular flexibility index (Phi) is 7.87. The number of aromatic nitrogens is 3. The number of nitrogens with one attached hydrogen (secondary N) is 1. The van der Waals surface area contributed by atoms with Crippen LogP contribution in [0.3, 0.4) is 0 Å². The van der Waals surface area contributed by atoms with Gasteiger partial charge in [-0.15, -0.1) is 11.3 Å². The van der Waals surface area contributed by atoms with E-state index in [1.54, 1.807) is 24.1 Å². The van der Waals surface area contributed by atoms with E-state index in [0.29, 0.717) is 42.9 Å². The van der Waals surface area contributed by atoms with Crippen molar-refractivity contribution >= 4 is 44.8 Å². The van der Waals surface area contributed by atoms with Crippen LogP contribution in [0.2, 0.25) is 4.34 Å². The molecule has 0 spiro atoms. The first-order valence-electron chi connectivity index (χ1n) is 11.0. The van der Waals surface area contributed by atoms with Crippen LogP contribution >= 0.6 is 22.9 Å². The van der Waals surface area contributed by atoms with Gasteiger partial charge in [0.1, 0.15) is 18.4 Å². The number of rotatable bonds is 9. The number of carbonyl (C=O) groups is 2. The summed E-state index contributed by atoms with van der Waals surface area (Å²) in [4.78, 5) is 34.8. The van der Waals surface area contributed by atoms with Crippen molar-refractivity contribution in [1.29, 1.82) is 0 Å². The molecule has 0 aliphatic carbocycles. The zero-order valence-corrected chi connectivity index (χ0v) is 21.1. The van der Waals surface area contributed by atoms with E-state index in [-0.39, 0.29) is 31.0 Å². The van der Waals surface area contributed by atoms with E-state index in [1.807, 2.05) is 0 Å². The molecule has 2 aromatic rings. The summed E-state index contributed by atoms with van der Waals surface area (Å²) in [5, 5.41) is 4.26. The van der Waals surface area contributed by atoms with Gasteiger partial charge in [-0.25, -0.2) is 18.1 Å². The number of amides is 2. The van der Waals surface area contributed by atoms with Crippen LogP contribution in [0, 0.1) is 0 Å². The van der Waals surface area contributed by atoms with Gasteiger partial charge in [-0.1, -0.05) is 11.6 Å². The number of likely N-dealkylation sites (tertiary alicyclic amines) is 1. The lowest BCUT2D eigenvalue weighted by Crippen LogP contribution is -2.54. The second kappa shape index (κ2) is 10.7. The van der Waals surface area contributed by atoms with Crippen molar-refractivity contribution in [1.82, 2.24) is 29.3 Å². The molecule has 2 aromatic heterocycles. The molecule has 11 nitrogen and oxygen atoms in total. The van der Waals surface area contributed by atoms with Gasteiger partial charge >= 0.3 is 0 Å². The number of sulfonamides is 1. The molecule has 0 unspecified atom stereocenters. The number of hydrogen-bond acceptors (Lipinski definition) is 8. The number of morpholine rings is 1. The van der Waals surface area contributed by atoms with E-state index in [0.717, 1.165) is 4.88 Å². The lowest BCUT2D eigenvalue weighted by molar-refractivity contribution is -0.146. The first-order valence-corrected chi connectivity index (χ1v) is 13.8. The molecule has 14 heteroatoms. The van der Waals surface area contributed by atoms with E-state index in [1.165, 1.54) is 27.2 Å². The highest BCUT2D eigenvalue weighted by atomic mass is 35.5. The van der Waals surface area contributed by atoms with E-state index in [4.69, 9.17) is 16.3 Å². The third-order valence-electron chi connectivity index (χ3n) is 5.81. The number of nitrogens with zero attached hydrogens (tertiary/aromatic N) is 5. The van der Waals surface area contributed by atoms with Crippen molar-refractivity contribution < 1.29 is 22.7 Å². The highest BCUT2D eigenvalue weighted by molar-refractivity contribution is 7.89. The van der Waals surface area contributed by atoms with Gasteiger partial charge in [0.05, 0.1) is 23.3 Å². The van der Waals surface area contributed by atoms with Gasteiger partial charge in [0.15, 0.2) is 5.82 Å². The number of thiophene rings is 1. The fourth-order valence-electron chi connectivity index (χ4n) is 4.09. The Bertz CT molecular complexity index is 1130. The maximum absolute atomic E-state index is 13.4.